The largest absolute Gasteiger partial charge is 0.473 e. The molecule has 3 aromatic rings. The molecule has 3 N–H and O–H groups in total. The Morgan fingerprint density at radius 2 is 2.00 bits per heavy atom. The maximum atomic E-state index is 12.7. The monoisotopic (exact) mass is 467 g/mol. The highest BCUT2D eigenvalue weighted by Gasteiger charge is 2.32. The molecule has 9 nitrogen and oxygen atoms in total. The molecule has 1 unspecified atom stereocenters. The van der Waals surface area contributed by atoms with E-state index in [1.807, 2.05) is 30.3 Å². The number of amides is 2. The van der Waals surface area contributed by atoms with Crippen LogP contribution in [0.2, 0.25) is 0 Å². The Morgan fingerprint density at radius 3 is 2.71 bits per heavy atom. The van der Waals surface area contributed by atoms with Crippen LogP contribution in [0.5, 0.6) is 5.88 Å². The van der Waals surface area contributed by atoms with Crippen molar-refractivity contribution < 1.29 is 19.0 Å². The molecule has 34 heavy (non-hydrogen) atoms. The number of H-pyrrole nitrogens is 1. The number of hydrogen-bond acceptors (Lipinski definition) is 6. The Kier molecular flexibility index (Phi) is 7.64. The van der Waals surface area contributed by atoms with Crippen molar-refractivity contribution in [1.29, 1.82) is 0 Å². The maximum absolute atomic E-state index is 12.7. The SMILES string of the molecule is COCCC(NC(=O)Nc1cc2[nH]nc(OC3CCC(C)(OC)CC3)c2cn1)c1ccccc1. The van der Waals surface area contributed by atoms with Crippen molar-refractivity contribution in [2.75, 3.05) is 26.1 Å². The van der Waals surface area contributed by atoms with Crippen molar-refractivity contribution in [3.63, 3.8) is 0 Å². The number of pyridine rings is 1. The first-order valence-corrected chi connectivity index (χ1v) is 11.7. The predicted molar refractivity (Wildman–Crippen MR) is 130 cm³/mol. The number of rotatable bonds is 9. The highest BCUT2D eigenvalue weighted by molar-refractivity contribution is 5.92. The lowest BCUT2D eigenvalue weighted by Crippen LogP contribution is -2.36. The fourth-order valence-electron chi connectivity index (χ4n) is 4.28. The Hall–Kier alpha value is -3.17. The second-order valence-corrected chi connectivity index (χ2v) is 8.96. The molecule has 1 saturated carbocycles. The fourth-order valence-corrected chi connectivity index (χ4v) is 4.28. The molecule has 0 aliphatic heterocycles. The van der Waals surface area contributed by atoms with Crippen molar-refractivity contribution in [2.45, 2.75) is 56.8 Å². The van der Waals surface area contributed by atoms with Gasteiger partial charge in [0.15, 0.2) is 0 Å². The molecule has 0 spiro atoms. The van der Waals surface area contributed by atoms with Crippen LogP contribution in [0.4, 0.5) is 10.6 Å². The molecule has 2 amide bonds. The van der Waals surface area contributed by atoms with Crippen LogP contribution in [0, 0.1) is 0 Å². The van der Waals surface area contributed by atoms with Crippen LogP contribution in [0.3, 0.4) is 0 Å². The average Bonchev–Trinajstić information content (AvgIpc) is 3.25. The number of benzene rings is 1. The number of urea groups is 1. The first-order valence-electron chi connectivity index (χ1n) is 11.7. The van der Waals surface area contributed by atoms with Gasteiger partial charge in [0.2, 0.25) is 5.88 Å². The average molecular weight is 468 g/mol. The number of anilines is 1. The molecule has 9 heteroatoms. The van der Waals surface area contributed by atoms with Gasteiger partial charge in [-0.15, -0.1) is 5.10 Å². The van der Waals surface area contributed by atoms with E-state index in [9.17, 15) is 4.79 Å². The number of fused-ring (bicyclic) bond motifs is 1. The van der Waals surface area contributed by atoms with E-state index in [0.717, 1.165) is 42.1 Å². The van der Waals surface area contributed by atoms with Gasteiger partial charge >= 0.3 is 6.03 Å². The highest BCUT2D eigenvalue weighted by Crippen LogP contribution is 2.34. The molecule has 2 heterocycles. The summed E-state index contributed by atoms with van der Waals surface area (Å²) in [5.74, 6) is 0.959. The first-order chi connectivity index (χ1) is 16.5. The third-order valence-corrected chi connectivity index (χ3v) is 6.53. The Bertz CT molecular complexity index is 1080. The summed E-state index contributed by atoms with van der Waals surface area (Å²) in [7, 11) is 3.41. The second kappa shape index (κ2) is 10.8. The van der Waals surface area contributed by atoms with E-state index in [4.69, 9.17) is 14.2 Å². The standard InChI is InChI=1S/C25H33N5O4/c1-25(33-3)12-9-18(10-13-25)34-23-19-16-26-22(15-21(19)29-30-23)28-24(31)27-20(11-14-32-2)17-7-5-4-6-8-17/h4-8,15-16,18,20H,9-14H2,1-3H3,(H,29,30)(H2,26,27,28,31). The summed E-state index contributed by atoms with van der Waals surface area (Å²) < 4.78 is 17.0. The topological polar surface area (TPSA) is 110 Å². The zero-order chi connectivity index (χ0) is 24.0. The zero-order valence-electron chi connectivity index (χ0n) is 20.0. The Morgan fingerprint density at radius 1 is 1.24 bits per heavy atom. The van der Waals surface area contributed by atoms with E-state index in [1.165, 1.54) is 0 Å². The molecule has 4 rings (SSSR count). The van der Waals surface area contributed by atoms with E-state index in [-0.39, 0.29) is 23.8 Å². The van der Waals surface area contributed by atoms with Gasteiger partial charge in [0.05, 0.1) is 22.5 Å². The van der Waals surface area contributed by atoms with Crippen LogP contribution in [-0.2, 0) is 9.47 Å². The molecule has 1 aromatic carbocycles. The van der Waals surface area contributed by atoms with Crippen LogP contribution in [0.25, 0.3) is 10.9 Å². The van der Waals surface area contributed by atoms with Gasteiger partial charge in [-0.1, -0.05) is 30.3 Å². The van der Waals surface area contributed by atoms with E-state index < -0.39 is 0 Å². The zero-order valence-corrected chi connectivity index (χ0v) is 20.0. The minimum absolute atomic E-state index is 0.0702. The maximum Gasteiger partial charge on any atom is 0.320 e. The number of ether oxygens (including phenoxy) is 3. The van der Waals surface area contributed by atoms with Crippen molar-refractivity contribution in [3.8, 4) is 5.88 Å². The molecule has 1 aliphatic rings. The van der Waals surface area contributed by atoms with E-state index >= 15 is 0 Å². The van der Waals surface area contributed by atoms with Crippen molar-refractivity contribution >= 4 is 22.8 Å². The van der Waals surface area contributed by atoms with Gasteiger partial charge in [-0.05, 0) is 44.6 Å². The van der Waals surface area contributed by atoms with Gasteiger partial charge in [-0.3, -0.25) is 10.4 Å². The number of carbonyl (C=O) groups is 1. The molecular formula is C25H33N5O4. The minimum atomic E-state index is -0.337. The number of aromatic nitrogens is 3. The summed E-state index contributed by atoms with van der Waals surface area (Å²) in [4.78, 5) is 17.1. The van der Waals surface area contributed by atoms with Crippen LogP contribution in [0.1, 0.15) is 50.6 Å². The van der Waals surface area contributed by atoms with Gasteiger partial charge in [0, 0.05) is 33.1 Å². The minimum Gasteiger partial charge on any atom is -0.473 e. The number of carbonyl (C=O) groups excluding carboxylic acids is 1. The third kappa shape index (κ3) is 5.84. The number of methoxy groups -OCH3 is 2. The fraction of sp³-hybridized carbons (Fsp3) is 0.480. The summed E-state index contributed by atoms with van der Waals surface area (Å²) in [6.07, 6.45) is 6.16. The number of hydrogen-bond donors (Lipinski definition) is 3. The normalized spacial score (nSPS) is 21.2. The first kappa shape index (κ1) is 24.0. The van der Waals surface area contributed by atoms with Gasteiger partial charge in [-0.2, -0.15) is 0 Å². The molecule has 0 bridgehead atoms. The van der Waals surface area contributed by atoms with Gasteiger partial charge in [0.1, 0.15) is 11.9 Å². The lowest BCUT2D eigenvalue weighted by atomic mass is 9.84. The molecule has 2 aromatic heterocycles. The quantitative estimate of drug-likeness (QED) is 0.425. The lowest BCUT2D eigenvalue weighted by Gasteiger charge is -2.35. The van der Waals surface area contributed by atoms with Gasteiger partial charge in [-0.25, -0.2) is 9.78 Å². The second-order valence-electron chi connectivity index (χ2n) is 8.96. The lowest BCUT2D eigenvalue weighted by molar-refractivity contribution is -0.0460. The number of nitrogens with zero attached hydrogens (tertiary/aromatic N) is 2. The Labute approximate surface area is 199 Å². The Balaban J connectivity index is 1.38. The van der Waals surface area contributed by atoms with Crippen molar-refractivity contribution in [3.05, 3.63) is 48.2 Å². The van der Waals surface area contributed by atoms with Crippen LogP contribution in [-0.4, -0.2) is 53.7 Å². The van der Waals surface area contributed by atoms with Crippen LogP contribution < -0.4 is 15.4 Å². The molecule has 1 aliphatic carbocycles. The van der Waals surface area contributed by atoms with Gasteiger partial charge in [0.25, 0.3) is 0 Å². The summed E-state index contributed by atoms with van der Waals surface area (Å²) in [6.45, 7) is 2.67. The highest BCUT2D eigenvalue weighted by atomic mass is 16.5. The van der Waals surface area contributed by atoms with E-state index in [2.05, 4.69) is 32.7 Å². The molecule has 0 saturated heterocycles. The smallest absolute Gasteiger partial charge is 0.320 e. The molecule has 0 radical (unpaired) electrons. The molecule has 1 fully saturated rings. The molecular weight excluding hydrogens is 434 g/mol. The third-order valence-electron chi connectivity index (χ3n) is 6.53. The van der Waals surface area contributed by atoms with Crippen LogP contribution in [0.15, 0.2) is 42.6 Å². The van der Waals surface area contributed by atoms with Crippen molar-refractivity contribution in [2.24, 2.45) is 0 Å². The van der Waals surface area contributed by atoms with E-state index in [1.54, 1.807) is 26.5 Å². The van der Waals surface area contributed by atoms with Gasteiger partial charge < -0.3 is 19.5 Å². The predicted octanol–water partition coefficient (Wildman–Crippen LogP) is 4.58. The summed E-state index contributed by atoms with van der Waals surface area (Å²) in [6, 6.07) is 11.1. The summed E-state index contributed by atoms with van der Waals surface area (Å²) in [5.41, 5.74) is 1.69. The number of aromatic amines is 1. The molecule has 1 atom stereocenters. The number of nitrogens with one attached hydrogen (secondary N) is 3. The summed E-state index contributed by atoms with van der Waals surface area (Å²) in [5, 5.41) is 13.9. The van der Waals surface area contributed by atoms with Crippen LogP contribution >= 0.6 is 0 Å². The summed E-state index contributed by atoms with van der Waals surface area (Å²) >= 11 is 0. The van der Waals surface area contributed by atoms with Crippen molar-refractivity contribution in [1.82, 2.24) is 20.5 Å². The van der Waals surface area contributed by atoms with E-state index in [0.29, 0.717) is 24.7 Å². The molecule has 182 valence electrons.